The molecule has 2 nitrogen and oxygen atoms in total. The molecule has 0 aliphatic heterocycles. The Labute approximate surface area is 90.3 Å². The smallest absolute Gasteiger partial charge is 0.0116 e. The highest BCUT2D eigenvalue weighted by molar-refractivity contribution is 4.73. The molecule has 0 heterocycles. The third kappa shape index (κ3) is 4.97. The number of likely N-dealkylation sites (N-methyl/N-ethyl adjacent to an activating group) is 2. The van der Waals surface area contributed by atoms with E-state index in [1.165, 1.54) is 19.5 Å². The van der Waals surface area contributed by atoms with Crippen LogP contribution in [-0.2, 0) is 0 Å². The highest BCUT2D eigenvalue weighted by Crippen LogP contribution is 2.13. The Kier molecular flexibility index (Phi) is 7.20. The molecule has 0 saturated heterocycles. The van der Waals surface area contributed by atoms with E-state index in [2.05, 4.69) is 51.6 Å². The van der Waals surface area contributed by atoms with Crippen molar-refractivity contribution in [3.63, 3.8) is 0 Å². The van der Waals surface area contributed by atoms with Gasteiger partial charge in [0.05, 0.1) is 0 Å². The van der Waals surface area contributed by atoms with Gasteiger partial charge < -0.3 is 4.90 Å². The van der Waals surface area contributed by atoms with Crippen LogP contribution in [0, 0.1) is 5.92 Å². The first-order valence-corrected chi connectivity index (χ1v) is 5.91. The highest BCUT2D eigenvalue weighted by atomic mass is 15.2. The fraction of sp³-hybridized carbons (Fsp3) is 1.00. The second-order valence-electron chi connectivity index (χ2n) is 4.65. The lowest BCUT2D eigenvalue weighted by atomic mass is 10.00. The minimum absolute atomic E-state index is 0.750. The molecule has 2 heteroatoms. The molecule has 14 heavy (non-hydrogen) atoms. The number of nitrogens with zero attached hydrogens (tertiary/aromatic N) is 2. The predicted octanol–water partition coefficient (Wildman–Crippen LogP) is 2.30. The van der Waals surface area contributed by atoms with Gasteiger partial charge in [0.2, 0.25) is 0 Å². The number of rotatable bonds is 7. The van der Waals surface area contributed by atoms with E-state index in [0.717, 1.165) is 18.5 Å². The van der Waals surface area contributed by atoms with Crippen LogP contribution in [0.5, 0.6) is 0 Å². The zero-order valence-electron chi connectivity index (χ0n) is 10.9. The molecule has 0 bridgehead atoms. The van der Waals surface area contributed by atoms with Crippen LogP contribution in [0.1, 0.15) is 34.1 Å². The van der Waals surface area contributed by atoms with Gasteiger partial charge in [0, 0.05) is 19.1 Å². The van der Waals surface area contributed by atoms with Crippen LogP contribution < -0.4 is 0 Å². The maximum absolute atomic E-state index is 2.60. The molecule has 0 rings (SSSR count). The van der Waals surface area contributed by atoms with Gasteiger partial charge in [-0.1, -0.05) is 27.7 Å². The minimum atomic E-state index is 0.750. The van der Waals surface area contributed by atoms with Crippen molar-refractivity contribution in [2.24, 2.45) is 5.92 Å². The van der Waals surface area contributed by atoms with Crippen molar-refractivity contribution in [3.8, 4) is 0 Å². The van der Waals surface area contributed by atoms with Crippen LogP contribution in [0.25, 0.3) is 0 Å². The highest BCUT2D eigenvalue weighted by Gasteiger charge is 2.18. The first-order valence-electron chi connectivity index (χ1n) is 5.91. The Hall–Kier alpha value is -0.0800. The monoisotopic (exact) mass is 200 g/mol. The van der Waals surface area contributed by atoms with Crippen molar-refractivity contribution in [2.45, 2.75) is 40.2 Å². The quantitative estimate of drug-likeness (QED) is 0.622. The van der Waals surface area contributed by atoms with Gasteiger partial charge in [0.25, 0.3) is 0 Å². The Morgan fingerprint density at radius 2 is 1.57 bits per heavy atom. The van der Waals surface area contributed by atoms with Crippen molar-refractivity contribution >= 4 is 0 Å². The van der Waals surface area contributed by atoms with Gasteiger partial charge in [-0.05, 0) is 33.0 Å². The Bertz CT molecular complexity index is 132. The molecule has 0 aliphatic rings. The fourth-order valence-electron chi connectivity index (χ4n) is 2.04. The van der Waals surface area contributed by atoms with Gasteiger partial charge in [0.15, 0.2) is 0 Å². The zero-order chi connectivity index (χ0) is 11.1. The van der Waals surface area contributed by atoms with Crippen molar-refractivity contribution < 1.29 is 0 Å². The van der Waals surface area contributed by atoms with E-state index in [4.69, 9.17) is 0 Å². The van der Waals surface area contributed by atoms with E-state index >= 15 is 0 Å². The van der Waals surface area contributed by atoms with E-state index in [1.54, 1.807) is 0 Å². The Morgan fingerprint density at radius 3 is 1.86 bits per heavy atom. The molecule has 0 aromatic rings. The zero-order valence-corrected chi connectivity index (χ0v) is 10.9. The van der Waals surface area contributed by atoms with Crippen molar-refractivity contribution in [1.82, 2.24) is 9.80 Å². The molecule has 0 N–H and O–H groups in total. The fourth-order valence-corrected chi connectivity index (χ4v) is 2.04. The van der Waals surface area contributed by atoms with Crippen LogP contribution in [0.4, 0.5) is 0 Å². The van der Waals surface area contributed by atoms with Crippen LogP contribution in [0.2, 0.25) is 0 Å². The maximum Gasteiger partial charge on any atom is 0.0116 e. The summed E-state index contributed by atoms with van der Waals surface area (Å²) in [5.74, 6) is 0.766. The Morgan fingerprint density at radius 1 is 1.00 bits per heavy atom. The summed E-state index contributed by atoms with van der Waals surface area (Å²) in [4.78, 5) is 4.86. The van der Waals surface area contributed by atoms with Crippen molar-refractivity contribution in [1.29, 1.82) is 0 Å². The molecule has 0 aliphatic carbocycles. The summed E-state index contributed by atoms with van der Waals surface area (Å²) in [5.41, 5.74) is 0. The summed E-state index contributed by atoms with van der Waals surface area (Å²) in [6.45, 7) is 12.7. The molecule has 0 fully saturated rings. The summed E-state index contributed by atoms with van der Waals surface area (Å²) < 4.78 is 0. The third-order valence-electron chi connectivity index (χ3n) is 2.90. The summed E-state index contributed by atoms with van der Waals surface area (Å²) in [6, 6.07) is 0.750. The van der Waals surface area contributed by atoms with Gasteiger partial charge in [0.1, 0.15) is 0 Å². The summed E-state index contributed by atoms with van der Waals surface area (Å²) >= 11 is 0. The first-order chi connectivity index (χ1) is 6.52. The van der Waals surface area contributed by atoms with Crippen LogP contribution >= 0.6 is 0 Å². The average molecular weight is 200 g/mol. The Balaban J connectivity index is 4.08. The van der Waals surface area contributed by atoms with Gasteiger partial charge in [-0.3, -0.25) is 4.90 Å². The predicted molar refractivity (Wildman–Crippen MR) is 64.7 cm³/mol. The SMILES string of the molecule is CCC(C(C)C)N(CC)CCN(C)C. The lowest BCUT2D eigenvalue weighted by Crippen LogP contribution is -2.42. The lowest BCUT2D eigenvalue weighted by Gasteiger charge is -2.33. The van der Waals surface area contributed by atoms with Crippen molar-refractivity contribution in [3.05, 3.63) is 0 Å². The van der Waals surface area contributed by atoms with Crippen molar-refractivity contribution in [2.75, 3.05) is 33.7 Å². The molecule has 0 radical (unpaired) electrons. The molecule has 0 spiro atoms. The molecule has 86 valence electrons. The molecular formula is C12H28N2. The average Bonchev–Trinajstić information content (AvgIpc) is 2.10. The van der Waals surface area contributed by atoms with Crippen LogP contribution in [-0.4, -0.2) is 49.6 Å². The largest absolute Gasteiger partial charge is 0.308 e. The normalized spacial score (nSPS) is 14.4. The topological polar surface area (TPSA) is 6.48 Å². The van der Waals surface area contributed by atoms with E-state index in [1.807, 2.05) is 0 Å². The van der Waals surface area contributed by atoms with Crippen LogP contribution in [0.3, 0.4) is 0 Å². The molecule has 1 unspecified atom stereocenters. The molecule has 0 aromatic heterocycles. The first kappa shape index (κ1) is 13.9. The molecule has 0 saturated carbocycles. The van der Waals surface area contributed by atoms with E-state index in [0.29, 0.717) is 0 Å². The molecule has 0 aromatic carbocycles. The van der Waals surface area contributed by atoms with Gasteiger partial charge in [-0.2, -0.15) is 0 Å². The molecular weight excluding hydrogens is 172 g/mol. The van der Waals surface area contributed by atoms with Crippen LogP contribution in [0.15, 0.2) is 0 Å². The minimum Gasteiger partial charge on any atom is -0.308 e. The second kappa shape index (κ2) is 7.24. The summed E-state index contributed by atoms with van der Waals surface area (Å²) in [6.07, 6.45) is 1.26. The lowest BCUT2D eigenvalue weighted by molar-refractivity contribution is 0.145. The van der Waals surface area contributed by atoms with E-state index in [-0.39, 0.29) is 0 Å². The standard InChI is InChI=1S/C12H28N2/c1-7-12(11(3)4)14(8-2)10-9-13(5)6/h11-12H,7-10H2,1-6H3. The summed E-state index contributed by atoms with van der Waals surface area (Å²) in [5, 5.41) is 0. The molecule has 0 amide bonds. The van der Waals surface area contributed by atoms with E-state index in [9.17, 15) is 0 Å². The van der Waals surface area contributed by atoms with E-state index < -0.39 is 0 Å². The van der Waals surface area contributed by atoms with Gasteiger partial charge in [-0.25, -0.2) is 0 Å². The van der Waals surface area contributed by atoms with Gasteiger partial charge >= 0.3 is 0 Å². The number of hydrogen-bond donors (Lipinski definition) is 0. The maximum atomic E-state index is 2.60. The second-order valence-corrected chi connectivity index (χ2v) is 4.65. The van der Waals surface area contributed by atoms with Gasteiger partial charge in [-0.15, -0.1) is 0 Å². The molecule has 1 atom stereocenters. The number of hydrogen-bond acceptors (Lipinski definition) is 2. The third-order valence-corrected chi connectivity index (χ3v) is 2.90. The summed E-state index contributed by atoms with van der Waals surface area (Å²) in [7, 11) is 4.29.